The lowest BCUT2D eigenvalue weighted by molar-refractivity contribution is -0.140. The van der Waals surface area contributed by atoms with Crippen molar-refractivity contribution in [1.29, 1.82) is 0 Å². The first-order valence-corrected chi connectivity index (χ1v) is 8.09. The van der Waals surface area contributed by atoms with Gasteiger partial charge in [0, 0.05) is 6.54 Å². The molecule has 0 unspecified atom stereocenters. The van der Waals surface area contributed by atoms with Crippen molar-refractivity contribution in [2.24, 2.45) is 0 Å². The molecular formula is C18H26N2O5. The molecule has 0 aliphatic carbocycles. The Morgan fingerprint density at radius 1 is 1.12 bits per heavy atom. The van der Waals surface area contributed by atoms with Gasteiger partial charge < -0.3 is 20.1 Å². The Bertz CT molecular complexity index is 581. The van der Waals surface area contributed by atoms with Gasteiger partial charge in [0.05, 0.1) is 26.0 Å². The summed E-state index contributed by atoms with van der Waals surface area (Å²) in [6, 6.07) is 8.62. The minimum Gasteiger partial charge on any atom is -0.469 e. The highest BCUT2D eigenvalue weighted by atomic mass is 16.6. The third-order valence-electron chi connectivity index (χ3n) is 3.16. The fourth-order valence-electron chi connectivity index (χ4n) is 2.05. The maximum Gasteiger partial charge on any atom is 0.408 e. The van der Waals surface area contributed by atoms with Crippen LogP contribution in [-0.4, -0.2) is 37.2 Å². The number of alkyl carbamates (subject to hydrolysis) is 1. The number of nitrogens with one attached hydrogen (secondary N) is 2. The Morgan fingerprint density at radius 3 is 2.32 bits per heavy atom. The van der Waals surface area contributed by atoms with Crippen LogP contribution in [0, 0.1) is 0 Å². The van der Waals surface area contributed by atoms with Crippen LogP contribution in [0.3, 0.4) is 0 Å². The highest BCUT2D eigenvalue weighted by Gasteiger charge is 2.22. The minimum atomic E-state index is -0.631. The van der Waals surface area contributed by atoms with Crippen LogP contribution in [0.15, 0.2) is 30.3 Å². The quantitative estimate of drug-likeness (QED) is 0.736. The van der Waals surface area contributed by atoms with Gasteiger partial charge in [-0.1, -0.05) is 30.3 Å². The number of ether oxygens (including phenoxy) is 2. The molecular weight excluding hydrogens is 324 g/mol. The minimum absolute atomic E-state index is 0.0322. The van der Waals surface area contributed by atoms with Crippen LogP contribution >= 0.6 is 0 Å². The van der Waals surface area contributed by atoms with Crippen LogP contribution < -0.4 is 10.6 Å². The number of carbonyl (C=O) groups is 3. The summed E-state index contributed by atoms with van der Waals surface area (Å²) in [5.74, 6) is -0.680. The molecule has 1 aromatic rings. The molecule has 7 heteroatoms. The zero-order valence-corrected chi connectivity index (χ0v) is 15.1. The Hall–Kier alpha value is -2.57. The third kappa shape index (κ3) is 8.74. The van der Waals surface area contributed by atoms with Crippen molar-refractivity contribution in [2.75, 3.05) is 13.7 Å². The number of methoxy groups -OCH3 is 1. The number of hydrogen-bond acceptors (Lipinski definition) is 5. The monoisotopic (exact) mass is 350 g/mol. The molecule has 0 spiro atoms. The van der Waals surface area contributed by atoms with E-state index in [9.17, 15) is 14.4 Å². The van der Waals surface area contributed by atoms with Crippen molar-refractivity contribution >= 4 is 18.0 Å². The van der Waals surface area contributed by atoms with Gasteiger partial charge in [-0.05, 0) is 26.3 Å². The molecule has 2 amide bonds. The third-order valence-corrected chi connectivity index (χ3v) is 3.16. The van der Waals surface area contributed by atoms with Gasteiger partial charge in [0.15, 0.2) is 0 Å². The zero-order chi connectivity index (χ0) is 18.9. The summed E-state index contributed by atoms with van der Waals surface area (Å²) in [7, 11) is 1.29. The van der Waals surface area contributed by atoms with Gasteiger partial charge in [0.25, 0.3) is 0 Å². The molecule has 0 heterocycles. The van der Waals surface area contributed by atoms with Crippen molar-refractivity contribution in [3.05, 3.63) is 35.9 Å². The molecule has 0 saturated heterocycles. The number of benzene rings is 1. The zero-order valence-electron chi connectivity index (χ0n) is 15.1. The van der Waals surface area contributed by atoms with Gasteiger partial charge in [-0.2, -0.15) is 0 Å². The second-order valence-electron chi connectivity index (χ2n) is 6.49. The second-order valence-corrected chi connectivity index (χ2v) is 6.49. The standard InChI is InChI=1S/C18H26N2O5/c1-18(2,3)25-17(23)20-14(13-8-6-5-7-9-13)12-15(21)19-11-10-16(22)24-4/h5-9,14H,10-12H2,1-4H3,(H,19,21)(H,20,23)/t14-/m0/s1. The van der Waals surface area contributed by atoms with Gasteiger partial charge >= 0.3 is 12.1 Å². The molecule has 0 bridgehead atoms. The van der Waals surface area contributed by atoms with Gasteiger partial charge in [-0.25, -0.2) is 4.79 Å². The summed E-state index contributed by atoms with van der Waals surface area (Å²) in [5.41, 5.74) is 0.158. The second kappa shape index (κ2) is 9.66. The molecule has 0 radical (unpaired) electrons. The molecule has 7 nitrogen and oxygen atoms in total. The summed E-state index contributed by atoms with van der Waals surface area (Å²) in [4.78, 5) is 35.2. The van der Waals surface area contributed by atoms with Crippen LogP contribution in [0.2, 0.25) is 0 Å². The van der Waals surface area contributed by atoms with Gasteiger partial charge in [0.2, 0.25) is 5.91 Å². The summed E-state index contributed by atoms with van der Waals surface area (Å²) in [6.45, 7) is 5.48. The molecule has 0 aliphatic heterocycles. The van der Waals surface area contributed by atoms with Crippen LogP contribution in [0.25, 0.3) is 0 Å². The van der Waals surface area contributed by atoms with Gasteiger partial charge in [-0.3, -0.25) is 9.59 Å². The van der Waals surface area contributed by atoms with E-state index >= 15 is 0 Å². The van der Waals surface area contributed by atoms with E-state index in [1.807, 2.05) is 30.3 Å². The average Bonchev–Trinajstić information content (AvgIpc) is 2.53. The predicted octanol–water partition coefficient (Wildman–Crippen LogP) is 2.32. The smallest absolute Gasteiger partial charge is 0.408 e. The predicted molar refractivity (Wildman–Crippen MR) is 92.8 cm³/mol. The molecule has 1 rings (SSSR count). The molecule has 1 atom stereocenters. The Kier molecular flexibility index (Phi) is 7.91. The van der Waals surface area contributed by atoms with Crippen LogP contribution in [-0.2, 0) is 19.1 Å². The molecule has 2 N–H and O–H groups in total. The fourth-order valence-corrected chi connectivity index (χ4v) is 2.05. The first-order chi connectivity index (χ1) is 11.7. The number of carbonyl (C=O) groups excluding carboxylic acids is 3. The molecule has 25 heavy (non-hydrogen) atoms. The molecule has 0 aromatic heterocycles. The topological polar surface area (TPSA) is 93.7 Å². The highest BCUT2D eigenvalue weighted by molar-refractivity contribution is 5.79. The molecule has 0 fully saturated rings. The van der Waals surface area contributed by atoms with Gasteiger partial charge in [0.1, 0.15) is 5.60 Å². The van der Waals surface area contributed by atoms with E-state index in [4.69, 9.17) is 4.74 Å². The van der Waals surface area contributed by atoms with Crippen molar-refractivity contribution in [3.63, 3.8) is 0 Å². The largest absolute Gasteiger partial charge is 0.469 e. The Morgan fingerprint density at radius 2 is 1.76 bits per heavy atom. The van der Waals surface area contributed by atoms with E-state index in [1.54, 1.807) is 20.8 Å². The van der Waals surface area contributed by atoms with E-state index < -0.39 is 23.7 Å². The van der Waals surface area contributed by atoms with Crippen molar-refractivity contribution < 1.29 is 23.9 Å². The lowest BCUT2D eigenvalue weighted by Gasteiger charge is -2.23. The molecule has 1 aromatic carbocycles. The maximum atomic E-state index is 12.1. The summed E-state index contributed by atoms with van der Waals surface area (Å²) in [6.07, 6.45) is -0.467. The van der Waals surface area contributed by atoms with Crippen molar-refractivity contribution in [2.45, 2.75) is 45.3 Å². The van der Waals surface area contributed by atoms with E-state index in [1.165, 1.54) is 7.11 Å². The summed E-state index contributed by atoms with van der Waals surface area (Å²) < 4.78 is 9.77. The molecule has 0 saturated carbocycles. The van der Waals surface area contributed by atoms with Crippen LogP contribution in [0.4, 0.5) is 4.79 Å². The lowest BCUT2D eigenvalue weighted by Crippen LogP contribution is -2.37. The van der Waals surface area contributed by atoms with Crippen molar-refractivity contribution in [3.8, 4) is 0 Å². The first kappa shape index (κ1) is 20.5. The Labute approximate surface area is 148 Å². The van der Waals surface area contributed by atoms with Crippen LogP contribution in [0.1, 0.15) is 45.2 Å². The average molecular weight is 350 g/mol. The van der Waals surface area contributed by atoms with E-state index in [0.29, 0.717) is 0 Å². The molecule has 138 valence electrons. The fraction of sp³-hybridized carbons (Fsp3) is 0.500. The van der Waals surface area contributed by atoms with E-state index in [2.05, 4.69) is 15.4 Å². The first-order valence-electron chi connectivity index (χ1n) is 8.09. The van der Waals surface area contributed by atoms with Crippen LogP contribution in [0.5, 0.6) is 0 Å². The van der Waals surface area contributed by atoms with Crippen molar-refractivity contribution in [1.82, 2.24) is 10.6 Å². The summed E-state index contributed by atoms with van der Waals surface area (Å²) >= 11 is 0. The normalized spacial score (nSPS) is 12.0. The highest BCUT2D eigenvalue weighted by Crippen LogP contribution is 2.18. The number of rotatable bonds is 7. The number of hydrogen-bond donors (Lipinski definition) is 2. The van der Waals surface area contributed by atoms with E-state index in [0.717, 1.165) is 5.56 Å². The maximum absolute atomic E-state index is 12.1. The molecule has 0 aliphatic rings. The number of esters is 1. The van der Waals surface area contributed by atoms with Gasteiger partial charge in [-0.15, -0.1) is 0 Å². The summed E-state index contributed by atoms with van der Waals surface area (Å²) in [5, 5.41) is 5.36. The van der Waals surface area contributed by atoms with E-state index in [-0.39, 0.29) is 25.3 Å². The Balaban J connectivity index is 2.67. The number of amides is 2. The SMILES string of the molecule is COC(=O)CCNC(=O)C[C@H](NC(=O)OC(C)(C)C)c1ccccc1. The lowest BCUT2D eigenvalue weighted by atomic mass is 10.0.